The summed E-state index contributed by atoms with van der Waals surface area (Å²) in [6, 6.07) is 6.06. The smallest absolute Gasteiger partial charge is 0.238 e. The molecule has 7 nitrogen and oxygen atoms in total. The third kappa shape index (κ3) is 4.90. The first-order valence-electron chi connectivity index (χ1n) is 6.57. The molecule has 0 saturated carbocycles. The van der Waals surface area contributed by atoms with Gasteiger partial charge in [0.15, 0.2) is 0 Å². The first-order chi connectivity index (χ1) is 10.4. The van der Waals surface area contributed by atoms with E-state index in [1.165, 1.54) is 18.5 Å². The van der Waals surface area contributed by atoms with Gasteiger partial charge in [-0.25, -0.2) is 23.5 Å². The molecule has 22 heavy (non-hydrogen) atoms. The Bertz CT molecular complexity index is 730. The molecular weight excluding hydrogens is 304 g/mol. The summed E-state index contributed by atoms with van der Waals surface area (Å²) in [5.41, 5.74) is 1.69. The van der Waals surface area contributed by atoms with Crippen LogP contribution < -0.4 is 10.5 Å². The second-order valence-corrected chi connectivity index (χ2v) is 6.27. The Balaban J connectivity index is 1.81. The van der Waals surface area contributed by atoms with Gasteiger partial charge < -0.3 is 5.32 Å². The molecule has 2 aromatic rings. The highest BCUT2D eigenvalue weighted by Crippen LogP contribution is 2.08. The molecule has 0 atom stereocenters. The summed E-state index contributed by atoms with van der Waals surface area (Å²) in [5, 5.41) is 7.78. The molecule has 1 aromatic heterocycles. The van der Waals surface area contributed by atoms with E-state index < -0.39 is 10.0 Å². The molecule has 0 saturated heterocycles. The number of nitrogens with zero attached hydrogens (tertiary/aromatic N) is 2. The molecule has 0 aliphatic carbocycles. The van der Waals surface area contributed by atoms with Crippen LogP contribution in [-0.4, -0.2) is 24.3 Å². The van der Waals surface area contributed by atoms with Gasteiger partial charge in [-0.05, 0) is 29.7 Å². The normalized spacial score (nSPS) is 11.1. The minimum Gasteiger partial charge on any atom is -0.352 e. The fourth-order valence-electron chi connectivity index (χ4n) is 1.80. The zero-order valence-electron chi connectivity index (χ0n) is 11.8. The largest absolute Gasteiger partial charge is 0.352 e. The van der Waals surface area contributed by atoms with E-state index in [0.29, 0.717) is 19.4 Å². The van der Waals surface area contributed by atoms with Crippen LogP contribution in [0.15, 0.2) is 47.9 Å². The van der Waals surface area contributed by atoms with Gasteiger partial charge >= 0.3 is 0 Å². The van der Waals surface area contributed by atoms with Crippen LogP contribution in [-0.2, 0) is 27.8 Å². The van der Waals surface area contributed by atoms with Gasteiger partial charge in [-0.2, -0.15) is 0 Å². The molecule has 0 bridgehead atoms. The predicted molar refractivity (Wildman–Crippen MR) is 80.0 cm³/mol. The Morgan fingerprint density at radius 3 is 2.32 bits per heavy atom. The first kappa shape index (κ1) is 16.1. The Kier molecular flexibility index (Phi) is 5.18. The number of nitrogens with two attached hydrogens (primary N) is 1. The lowest BCUT2D eigenvalue weighted by Crippen LogP contribution is -2.23. The number of carbonyl (C=O) groups excluding carboxylic acids is 1. The zero-order chi connectivity index (χ0) is 16.0. The van der Waals surface area contributed by atoms with Crippen molar-refractivity contribution < 1.29 is 13.2 Å². The van der Waals surface area contributed by atoms with Crippen molar-refractivity contribution in [2.45, 2.75) is 24.3 Å². The number of nitrogens with one attached hydrogen (secondary N) is 1. The minimum atomic E-state index is -3.69. The van der Waals surface area contributed by atoms with Crippen molar-refractivity contribution in [2.75, 3.05) is 0 Å². The fraction of sp³-hybridized carbons (Fsp3) is 0.214. The van der Waals surface area contributed by atoms with Crippen molar-refractivity contribution in [3.05, 3.63) is 54.1 Å². The average Bonchev–Trinajstić information content (AvgIpc) is 2.51. The SMILES string of the molecule is NS(=O)(=O)c1ccc(CNC(=O)CCc2cncnc2)cc1. The van der Waals surface area contributed by atoms with Crippen LogP contribution in [0.1, 0.15) is 17.5 Å². The number of sulfonamides is 1. The molecular formula is C14H16N4O3S. The summed E-state index contributed by atoms with van der Waals surface area (Å²) in [5.74, 6) is -0.0978. The highest BCUT2D eigenvalue weighted by Gasteiger charge is 2.07. The van der Waals surface area contributed by atoms with E-state index in [4.69, 9.17) is 5.14 Å². The van der Waals surface area contributed by atoms with Crippen molar-refractivity contribution in [1.29, 1.82) is 0 Å². The summed E-state index contributed by atoms with van der Waals surface area (Å²) >= 11 is 0. The number of benzene rings is 1. The second kappa shape index (κ2) is 7.10. The molecule has 0 aliphatic heterocycles. The van der Waals surface area contributed by atoms with E-state index in [1.807, 2.05) is 0 Å². The molecule has 1 aromatic carbocycles. The van der Waals surface area contributed by atoms with E-state index in [2.05, 4.69) is 15.3 Å². The number of aryl methyl sites for hydroxylation is 1. The van der Waals surface area contributed by atoms with Gasteiger partial charge in [0.2, 0.25) is 15.9 Å². The maximum atomic E-state index is 11.7. The molecule has 0 unspecified atom stereocenters. The van der Waals surface area contributed by atoms with E-state index in [1.54, 1.807) is 24.5 Å². The number of carbonyl (C=O) groups is 1. The second-order valence-electron chi connectivity index (χ2n) is 4.71. The minimum absolute atomic E-state index is 0.0478. The molecule has 1 heterocycles. The summed E-state index contributed by atoms with van der Waals surface area (Å²) in [4.78, 5) is 19.6. The van der Waals surface area contributed by atoms with Crippen molar-refractivity contribution in [3.63, 3.8) is 0 Å². The Hall–Kier alpha value is -2.32. The third-order valence-electron chi connectivity index (χ3n) is 3.00. The number of aromatic nitrogens is 2. The topological polar surface area (TPSA) is 115 Å². The van der Waals surface area contributed by atoms with Crippen LogP contribution in [0.2, 0.25) is 0 Å². The van der Waals surface area contributed by atoms with Gasteiger partial charge in [0.1, 0.15) is 6.33 Å². The predicted octanol–water partition coefficient (Wildman–Crippen LogP) is 0.373. The highest BCUT2D eigenvalue weighted by atomic mass is 32.2. The first-order valence-corrected chi connectivity index (χ1v) is 8.12. The summed E-state index contributed by atoms with van der Waals surface area (Å²) in [6.45, 7) is 0.328. The van der Waals surface area contributed by atoms with Gasteiger partial charge in [-0.15, -0.1) is 0 Å². The molecule has 116 valence electrons. The molecule has 1 amide bonds. The zero-order valence-corrected chi connectivity index (χ0v) is 12.6. The molecule has 0 aliphatic rings. The number of hydrogen-bond donors (Lipinski definition) is 2. The Morgan fingerprint density at radius 1 is 1.09 bits per heavy atom. The number of primary sulfonamides is 1. The van der Waals surface area contributed by atoms with Gasteiger partial charge in [0, 0.05) is 25.4 Å². The Morgan fingerprint density at radius 2 is 1.73 bits per heavy atom. The quantitative estimate of drug-likeness (QED) is 0.798. The van der Waals surface area contributed by atoms with Crippen molar-refractivity contribution in [3.8, 4) is 0 Å². The third-order valence-corrected chi connectivity index (χ3v) is 3.93. The monoisotopic (exact) mass is 320 g/mol. The summed E-state index contributed by atoms with van der Waals surface area (Å²) in [6.07, 6.45) is 5.69. The lowest BCUT2D eigenvalue weighted by atomic mass is 10.2. The van der Waals surface area contributed by atoms with Gasteiger partial charge in [-0.3, -0.25) is 4.79 Å². The standard InChI is InChI=1S/C14H16N4O3S/c15-22(20,21)13-4-1-11(2-5-13)9-18-14(19)6-3-12-7-16-10-17-8-12/h1-2,4-5,7-8,10H,3,6,9H2,(H,18,19)(H2,15,20,21). The molecule has 0 fully saturated rings. The molecule has 2 rings (SSSR count). The summed E-state index contributed by atoms with van der Waals surface area (Å²) in [7, 11) is -3.69. The average molecular weight is 320 g/mol. The Labute approximate surface area is 128 Å². The lowest BCUT2D eigenvalue weighted by Gasteiger charge is -2.06. The van der Waals surface area contributed by atoms with E-state index in [-0.39, 0.29) is 10.8 Å². The number of rotatable bonds is 6. The van der Waals surface area contributed by atoms with Gasteiger partial charge in [-0.1, -0.05) is 12.1 Å². The van der Waals surface area contributed by atoms with Crippen LogP contribution in [0.25, 0.3) is 0 Å². The number of hydrogen-bond acceptors (Lipinski definition) is 5. The molecule has 8 heteroatoms. The van der Waals surface area contributed by atoms with Gasteiger partial charge in [0.05, 0.1) is 4.90 Å². The van der Waals surface area contributed by atoms with Crippen LogP contribution in [0.4, 0.5) is 0 Å². The van der Waals surface area contributed by atoms with Crippen LogP contribution in [0.5, 0.6) is 0 Å². The van der Waals surface area contributed by atoms with E-state index >= 15 is 0 Å². The van der Waals surface area contributed by atoms with Crippen LogP contribution >= 0.6 is 0 Å². The van der Waals surface area contributed by atoms with Crippen molar-refractivity contribution >= 4 is 15.9 Å². The number of amides is 1. The van der Waals surface area contributed by atoms with E-state index in [9.17, 15) is 13.2 Å². The highest BCUT2D eigenvalue weighted by molar-refractivity contribution is 7.89. The fourth-order valence-corrected chi connectivity index (χ4v) is 2.32. The molecule has 0 radical (unpaired) electrons. The molecule has 0 spiro atoms. The van der Waals surface area contributed by atoms with Crippen molar-refractivity contribution in [2.24, 2.45) is 5.14 Å². The van der Waals surface area contributed by atoms with Crippen molar-refractivity contribution in [1.82, 2.24) is 15.3 Å². The van der Waals surface area contributed by atoms with E-state index in [0.717, 1.165) is 11.1 Å². The molecule has 3 N–H and O–H groups in total. The summed E-state index contributed by atoms with van der Waals surface area (Å²) < 4.78 is 22.3. The maximum Gasteiger partial charge on any atom is 0.238 e. The maximum absolute atomic E-state index is 11.7. The lowest BCUT2D eigenvalue weighted by molar-refractivity contribution is -0.121. The van der Waals surface area contributed by atoms with Crippen LogP contribution in [0.3, 0.4) is 0 Å². The van der Waals surface area contributed by atoms with Gasteiger partial charge in [0.25, 0.3) is 0 Å². The van der Waals surface area contributed by atoms with Crippen LogP contribution in [0, 0.1) is 0 Å².